The number of halogens is 3. The van der Waals surface area contributed by atoms with E-state index in [9.17, 15) is 22.8 Å². The fraction of sp³-hybridized carbons (Fsp3) is 0.467. The number of nitrogens with one attached hydrogen (secondary N) is 1. The van der Waals surface area contributed by atoms with Crippen molar-refractivity contribution in [1.82, 2.24) is 29.5 Å². The van der Waals surface area contributed by atoms with Crippen LogP contribution in [0.5, 0.6) is 0 Å². The van der Waals surface area contributed by atoms with Gasteiger partial charge in [-0.05, 0) is 6.92 Å². The van der Waals surface area contributed by atoms with Gasteiger partial charge in [0.25, 0.3) is 11.8 Å². The van der Waals surface area contributed by atoms with E-state index < -0.39 is 17.8 Å². The van der Waals surface area contributed by atoms with Gasteiger partial charge in [0.05, 0.1) is 12.2 Å². The second-order valence-corrected chi connectivity index (χ2v) is 6.20. The molecule has 140 valence electrons. The minimum atomic E-state index is -4.60. The van der Waals surface area contributed by atoms with E-state index in [1.54, 1.807) is 25.6 Å². The number of carbonyl (C=O) groups is 2. The molecule has 11 heteroatoms. The summed E-state index contributed by atoms with van der Waals surface area (Å²) < 4.78 is 39.7. The molecule has 2 aromatic heterocycles. The van der Waals surface area contributed by atoms with Gasteiger partial charge >= 0.3 is 6.18 Å². The van der Waals surface area contributed by atoms with Gasteiger partial charge in [0.2, 0.25) is 0 Å². The van der Waals surface area contributed by atoms with Crippen LogP contribution in [-0.4, -0.2) is 62.0 Å². The highest BCUT2D eigenvalue weighted by Crippen LogP contribution is 2.28. The maximum Gasteiger partial charge on any atom is 0.432 e. The highest BCUT2D eigenvalue weighted by Gasteiger charge is 2.35. The Morgan fingerprint density at radius 3 is 2.54 bits per heavy atom. The molecule has 3 heterocycles. The number of amides is 2. The van der Waals surface area contributed by atoms with Crippen molar-refractivity contribution in [3.8, 4) is 0 Å². The molecule has 0 saturated heterocycles. The smallest absolute Gasteiger partial charge is 0.343 e. The van der Waals surface area contributed by atoms with Crippen LogP contribution in [0.4, 0.5) is 13.2 Å². The second kappa shape index (κ2) is 6.15. The minimum absolute atomic E-state index is 0.0919. The number of carbonyl (C=O) groups excluding carboxylic acids is 2. The molecule has 8 nitrogen and oxygen atoms in total. The average Bonchev–Trinajstić information content (AvgIpc) is 3.16. The molecule has 0 unspecified atom stereocenters. The highest BCUT2D eigenvalue weighted by molar-refractivity contribution is 5.94. The molecule has 1 aliphatic rings. The molecule has 0 atom stereocenters. The summed E-state index contributed by atoms with van der Waals surface area (Å²) in [5.41, 5.74) is -0.379. The Balaban J connectivity index is 1.83. The van der Waals surface area contributed by atoms with Crippen LogP contribution in [0.2, 0.25) is 0 Å². The molecular formula is C15H17F3N6O2. The first-order chi connectivity index (χ1) is 12.1. The fourth-order valence-corrected chi connectivity index (χ4v) is 2.86. The van der Waals surface area contributed by atoms with E-state index in [-0.39, 0.29) is 24.7 Å². The molecule has 3 rings (SSSR count). The summed E-state index contributed by atoms with van der Waals surface area (Å²) in [6, 6.07) is 0.690. The van der Waals surface area contributed by atoms with Crippen molar-refractivity contribution in [1.29, 1.82) is 0 Å². The van der Waals surface area contributed by atoms with Crippen molar-refractivity contribution in [2.24, 2.45) is 0 Å². The lowest BCUT2D eigenvalue weighted by atomic mass is 10.2. The van der Waals surface area contributed by atoms with E-state index in [0.29, 0.717) is 29.8 Å². The lowest BCUT2D eigenvalue weighted by Gasteiger charge is -2.28. The predicted molar refractivity (Wildman–Crippen MR) is 83.3 cm³/mol. The Hall–Kier alpha value is -2.85. The van der Waals surface area contributed by atoms with Gasteiger partial charge < -0.3 is 14.4 Å². The number of aromatic amines is 1. The zero-order valence-electron chi connectivity index (χ0n) is 14.4. The second-order valence-electron chi connectivity index (χ2n) is 6.20. The average molecular weight is 370 g/mol. The van der Waals surface area contributed by atoms with E-state index in [0.717, 1.165) is 0 Å². The predicted octanol–water partition coefficient (Wildman–Crippen LogP) is 1.29. The molecule has 0 saturated carbocycles. The largest absolute Gasteiger partial charge is 0.432 e. The van der Waals surface area contributed by atoms with Crippen LogP contribution >= 0.6 is 0 Å². The number of fused-ring (bicyclic) bond motifs is 1. The van der Waals surface area contributed by atoms with Crippen LogP contribution in [0.3, 0.4) is 0 Å². The van der Waals surface area contributed by atoms with Crippen molar-refractivity contribution in [3.63, 3.8) is 0 Å². The van der Waals surface area contributed by atoms with Gasteiger partial charge in [-0.1, -0.05) is 0 Å². The molecule has 0 aliphatic carbocycles. The molecular weight excluding hydrogens is 353 g/mol. The maximum absolute atomic E-state index is 12.6. The van der Waals surface area contributed by atoms with Crippen molar-refractivity contribution < 1.29 is 22.8 Å². The zero-order valence-corrected chi connectivity index (χ0v) is 14.4. The standard InChI is InChI=1S/C15H17F3N6O2/c1-8-12(14(26)22(2)3)24-5-4-23(7-11(24)19-8)13(25)9-6-10(21-20-9)15(16,17)18/h6H,4-5,7H2,1-3H3,(H,20,21). The number of rotatable bonds is 2. The van der Waals surface area contributed by atoms with Crippen LogP contribution in [0.1, 0.15) is 38.2 Å². The van der Waals surface area contributed by atoms with Gasteiger partial charge in [0, 0.05) is 33.3 Å². The molecule has 0 radical (unpaired) electrons. The Kier molecular flexibility index (Phi) is 4.24. The van der Waals surface area contributed by atoms with Gasteiger partial charge in [-0.3, -0.25) is 14.7 Å². The molecule has 0 fully saturated rings. The number of nitrogens with zero attached hydrogens (tertiary/aromatic N) is 5. The lowest BCUT2D eigenvalue weighted by Crippen LogP contribution is -2.39. The lowest BCUT2D eigenvalue weighted by molar-refractivity contribution is -0.141. The van der Waals surface area contributed by atoms with Crippen molar-refractivity contribution in [2.45, 2.75) is 26.2 Å². The molecule has 1 N–H and O–H groups in total. The van der Waals surface area contributed by atoms with Crippen molar-refractivity contribution >= 4 is 11.8 Å². The van der Waals surface area contributed by atoms with E-state index in [1.165, 1.54) is 9.80 Å². The fourth-order valence-electron chi connectivity index (χ4n) is 2.86. The molecule has 0 aromatic carbocycles. The highest BCUT2D eigenvalue weighted by atomic mass is 19.4. The summed E-state index contributed by atoms with van der Waals surface area (Å²) in [6.45, 7) is 2.36. The molecule has 2 amide bonds. The normalized spacial score (nSPS) is 14.3. The number of alkyl halides is 3. The summed E-state index contributed by atoms with van der Waals surface area (Å²) in [4.78, 5) is 31.9. The van der Waals surface area contributed by atoms with Gasteiger partial charge in [-0.25, -0.2) is 4.98 Å². The van der Waals surface area contributed by atoms with Gasteiger partial charge in [-0.2, -0.15) is 18.3 Å². The first-order valence-electron chi connectivity index (χ1n) is 7.79. The third-order valence-electron chi connectivity index (χ3n) is 4.15. The van der Waals surface area contributed by atoms with E-state index in [1.807, 2.05) is 5.10 Å². The summed E-state index contributed by atoms with van der Waals surface area (Å²) >= 11 is 0. The number of aryl methyl sites for hydroxylation is 1. The van der Waals surface area contributed by atoms with Crippen LogP contribution < -0.4 is 0 Å². The third kappa shape index (κ3) is 3.04. The van der Waals surface area contributed by atoms with E-state index >= 15 is 0 Å². The van der Waals surface area contributed by atoms with Crippen molar-refractivity contribution in [2.75, 3.05) is 20.6 Å². The van der Waals surface area contributed by atoms with Gasteiger partial charge in [-0.15, -0.1) is 0 Å². The molecule has 0 bridgehead atoms. The maximum atomic E-state index is 12.6. The first-order valence-corrected chi connectivity index (χ1v) is 7.79. The number of imidazole rings is 1. The summed E-state index contributed by atoms with van der Waals surface area (Å²) in [6.07, 6.45) is -4.60. The molecule has 0 spiro atoms. The number of hydrogen-bond donors (Lipinski definition) is 1. The van der Waals surface area contributed by atoms with Gasteiger partial charge in [0.15, 0.2) is 5.69 Å². The number of H-pyrrole nitrogens is 1. The minimum Gasteiger partial charge on any atom is -0.343 e. The Morgan fingerprint density at radius 1 is 1.27 bits per heavy atom. The molecule has 26 heavy (non-hydrogen) atoms. The van der Waals surface area contributed by atoms with Gasteiger partial charge in [0.1, 0.15) is 17.2 Å². The topological polar surface area (TPSA) is 87.1 Å². The molecule has 2 aromatic rings. The zero-order chi connectivity index (χ0) is 19.2. The Bertz CT molecular complexity index is 867. The molecule has 1 aliphatic heterocycles. The summed E-state index contributed by atoms with van der Waals surface area (Å²) in [5, 5.41) is 5.30. The monoisotopic (exact) mass is 370 g/mol. The van der Waals surface area contributed by atoms with Crippen LogP contribution in [0.25, 0.3) is 0 Å². The summed E-state index contributed by atoms with van der Waals surface area (Å²) in [7, 11) is 3.27. The third-order valence-corrected chi connectivity index (χ3v) is 4.15. The Morgan fingerprint density at radius 2 is 1.96 bits per heavy atom. The quantitative estimate of drug-likeness (QED) is 0.863. The van der Waals surface area contributed by atoms with Crippen molar-refractivity contribution in [3.05, 3.63) is 34.7 Å². The van der Waals surface area contributed by atoms with Crippen LogP contribution in [0.15, 0.2) is 6.07 Å². The van der Waals surface area contributed by atoms with E-state index in [2.05, 4.69) is 10.1 Å². The summed E-state index contributed by atoms with van der Waals surface area (Å²) in [5.74, 6) is -0.300. The first kappa shape index (κ1) is 18.0. The van der Waals surface area contributed by atoms with Crippen LogP contribution in [-0.2, 0) is 19.3 Å². The SMILES string of the molecule is Cc1nc2n(c1C(=O)N(C)C)CCN(C(=O)c1cc(C(F)(F)F)[nH]n1)C2. The Labute approximate surface area is 146 Å². The number of hydrogen-bond acceptors (Lipinski definition) is 4. The van der Waals surface area contributed by atoms with E-state index in [4.69, 9.17) is 0 Å². The van der Waals surface area contributed by atoms with Crippen LogP contribution in [0, 0.1) is 6.92 Å². The number of aromatic nitrogens is 4.